The molecule has 0 aliphatic heterocycles. The second-order valence-corrected chi connectivity index (χ2v) is 5.70. The van der Waals surface area contributed by atoms with Crippen molar-refractivity contribution < 1.29 is 21.8 Å². The molecule has 0 fully saturated rings. The van der Waals surface area contributed by atoms with Gasteiger partial charge in [-0.05, 0) is 37.1 Å². The van der Waals surface area contributed by atoms with Crippen molar-refractivity contribution in [2.24, 2.45) is 0 Å². The second kappa shape index (κ2) is 5.36. The molecule has 0 atom stereocenters. The van der Waals surface area contributed by atoms with E-state index in [9.17, 15) is 21.8 Å². The standard InChI is InChI=1S/C14H10F4OS/c1-7-3-5-9(13(17)11(7)15)20(19)10-6-4-8(2)12(16)14(10)18/h3-6H,1-2H3. The van der Waals surface area contributed by atoms with Crippen molar-refractivity contribution in [3.8, 4) is 0 Å². The topological polar surface area (TPSA) is 17.1 Å². The van der Waals surface area contributed by atoms with Gasteiger partial charge in [0, 0.05) is 0 Å². The predicted molar refractivity (Wildman–Crippen MR) is 66.9 cm³/mol. The zero-order valence-corrected chi connectivity index (χ0v) is 11.5. The highest BCUT2D eigenvalue weighted by atomic mass is 32.2. The first-order valence-electron chi connectivity index (χ1n) is 5.65. The molecule has 0 unspecified atom stereocenters. The van der Waals surface area contributed by atoms with Crippen molar-refractivity contribution in [2.75, 3.05) is 0 Å². The summed E-state index contributed by atoms with van der Waals surface area (Å²) in [5, 5.41) is 0. The molecule has 20 heavy (non-hydrogen) atoms. The molecule has 2 rings (SSSR count). The van der Waals surface area contributed by atoms with Gasteiger partial charge in [0.25, 0.3) is 0 Å². The number of benzene rings is 2. The highest BCUT2D eigenvalue weighted by molar-refractivity contribution is 7.85. The van der Waals surface area contributed by atoms with Crippen LogP contribution in [0.1, 0.15) is 11.1 Å². The summed E-state index contributed by atoms with van der Waals surface area (Å²) in [5.74, 6) is -4.93. The fourth-order valence-corrected chi connectivity index (χ4v) is 2.79. The molecule has 0 saturated carbocycles. The minimum absolute atomic E-state index is 0.0406. The van der Waals surface area contributed by atoms with E-state index < -0.39 is 43.9 Å². The highest BCUT2D eigenvalue weighted by Crippen LogP contribution is 2.26. The first-order valence-corrected chi connectivity index (χ1v) is 6.80. The molecule has 0 heterocycles. The molecular weight excluding hydrogens is 292 g/mol. The van der Waals surface area contributed by atoms with Gasteiger partial charge in [0.05, 0.1) is 20.6 Å². The molecular formula is C14H10F4OS. The summed E-state index contributed by atoms with van der Waals surface area (Å²) < 4.78 is 66.4. The number of hydrogen-bond acceptors (Lipinski definition) is 1. The maximum Gasteiger partial charge on any atom is 0.175 e. The van der Waals surface area contributed by atoms with E-state index in [2.05, 4.69) is 0 Å². The van der Waals surface area contributed by atoms with Gasteiger partial charge in [-0.15, -0.1) is 0 Å². The maximum absolute atomic E-state index is 13.7. The van der Waals surface area contributed by atoms with Crippen molar-refractivity contribution in [1.82, 2.24) is 0 Å². The van der Waals surface area contributed by atoms with Crippen LogP contribution < -0.4 is 0 Å². The van der Waals surface area contributed by atoms with Gasteiger partial charge in [-0.3, -0.25) is 0 Å². The first kappa shape index (κ1) is 14.7. The summed E-state index contributed by atoms with van der Waals surface area (Å²) in [6, 6.07) is 4.66. The summed E-state index contributed by atoms with van der Waals surface area (Å²) in [6.45, 7) is 2.69. The lowest BCUT2D eigenvalue weighted by atomic mass is 10.2. The van der Waals surface area contributed by atoms with E-state index in [-0.39, 0.29) is 11.1 Å². The third-order valence-electron chi connectivity index (χ3n) is 2.88. The fourth-order valence-electron chi connectivity index (χ4n) is 1.66. The monoisotopic (exact) mass is 302 g/mol. The van der Waals surface area contributed by atoms with E-state index in [0.29, 0.717) is 0 Å². The number of hydrogen-bond donors (Lipinski definition) is 0. The van der Waals surface area contributed by atoms with Crippen molar-refractivity contribution in [3.63, 3.8) is 0 Å². The number of rotatable bonds is 2. The van der Waals surface area contributed by atoms with E-state index in [1.54, 1.807) is 0 Å². The zero-order chi connectivity index (χ0) is 15.0. The van der Waals surface area contributed by atoms with Gasteiger partial charge >= 0.3 is 0 Å². The van der Waals surface area contributed by atoms with E-state index in [4.69, 9.17) is 0 Å². The maximum atomic E-state index is 13.7. The van der Waals surface area contributed by atoms with Gasteiger partial charge < -0.3 is 0 Å². The van der Waals surface area contributed by atoms with Crippen LogP contribution in [0.4, 0.5) is 17.6 Å². The molecule has 0 aliphatic rings. The third kappa shape index (κ3) is 2.35. The molecule has 0 amide bonds. The Hall–Kier alpha value is -1.69. The van der Waals surface area contributed by atoms with Crippen LogP contribution >= 0.6 is 0 Å². The number of aryl methyl sites for hydroxylation is 2. The Kier molecular flexibility index (Phi) is 3.94. The van der Waals surface area contributed by atoms with E-state index in [1.165, 1.54) is 26.0 Å². The third-order valence-corrected chi connectivity index (χ3v) is 4.31. The summed E-state index contributed by atoms with van der Waals surface area (Å²) in [6.07, 6.45) is 0. The second-order valence-electron chi connectivity index (χ2n) is 4.29. The molecule has 0 aliphatic carbocycles. The van der Waals surface area contributed by atoms with Crippen molar-refractivity contribution >= 4 is 10.8 Å². The Bertz CT molecular complexity index is 653. The summed E-state index contributed by atoms with van der Waals surface area (Å²) >= 11 is 0. The minimum atomic E-state index is -2.34. The lowest BCUT2D eigenvalue weighted by Gasteiger charge is -2.08. The van der Waals surface area contributed by atoms with E-state index >= 15 is 0 Å². The molecule has 2 aromatic rings. The van der Waals surface area contributed by atoms with Crippen LogP contribution in [-0.2, 0) is 10.8 Å². The molecule has 0 aromatic heterocycles. The minimum Gasteiger partial charge on any atom is -0.249 e. The SMILES string of the molecule is Cc1ccc(S(=O)c2ccc(C)c(F)c2F)c(F)c1F. The Labute approximate surface area is 115 Å². The molecule has 0 N–H and O–H groups in total. The predicted octanol–water partition coefficient (Wildman–Crippen LogP) is 4.03. The van der Waals surface area contributed by atoms with Crippen LogP contribution in [0, 0.1) is 37.1 Å². The molecule has 1 nitrogen and oxygen atoms in total. The van der Waals surface area contributed by atoms with Crippen molar-refractivity contribution in [3.05, 3.63) is 58.7 Å². The lowest BCUT2D eigenvalue weighted by Crippen LogP contribution is -2.04. The van der Waals surface area contributed by atoms with Crippen LogP contribution in [0.25, 0.3) is 0 Å². The van der Waals surface area contributed by atoms with Crippen molar-refractivity contribution in [2.45, 2.75) is 23.6 Å². The normalized spacial score (nSPS) is 11.2. The fraction of sp³-hybridized carbons (Fsp3) is 0.143. The molecule has 6 heteroatoms. The molecule has 106 valence electrons. The molecule has 0 saturated heterocycles. The summed E-state index contributed by atoms with van der Waals surface area (Å²) in [4.78, 5) is -1.04. The van der Waals surface area contributed by atoms with Gasteiger partial charge in [-0.1, -0.05) is 12.1 Å². The lowest BCUT2D eigenvalue weighted by molar-refractivity contribution is 0.478. The highest BCUT2D eigenvalue weighted by Gasteiger charge is 2.22. The molecule has 2 aromatic carbocycles. The van der Waals surface area contributed by atoms with Crippen LogP contribution in [0.15, 0.2) is 34.1 Å². The number of halogens is 4. The van der Waals surface area contributed by atoms with E-state index in [0.717, 1.165) is 12.1 Å². The van der Waals surface area contributed by atoms with E-state index in [1.807, 2.05) is 0 Å². The quantitative estimate of drug-likeness (QED) is 0.766. The average molecular weight is 302 g/mol. The Morgan fingerprint density at radius 3 is 1.40 bits per heavy atom. The van der Waals surface area contributed by atoms with Gasteiger partial charge in [-0.2, -0.15) is 0 Å². The zero-order valence-electron chi connectivity index (χ0n) is 10.6. The molecule has 0 bridgehead atoms. The molecule has 0 radical (unpaired) electrons. The van der Waals surface area contributed by atoms with Crippen LogP contribution in [-0.4, -0.2) is 4.21 Å². The Balaban J connectivity index is 2.58. The summed E-state index contributed by atoms with van der Waals surface area (Å²) in [7, 11) is -2.34. The smallest absolute Gasteiger partial charge is 0.175 e. The van der Waals surface area contributed by atoms with Gasteiger partial charge in [0.1, 0.15) is 0 Å². The van der Waals surface area contributed by atoms with Gasteiger partial charge in [0.15, 0.2) is 23.3 Å². The summed E-state index contributed by atoms with van der Waals surface area (Å²) in [5.41, 5.74) is 0.0811. The average Bonchev–Trinajstić information content (AvgIpc) is 2.42. The largest absolute Gasteiger partial charge is 0.249 e. The van der Waals surface area contributed by atoms with Crippen LogP contribution in [0.5, 0.6) is 0 Å². The Morgan fingerprint density at radius 1 is 0.700 bits per heavy atom. The first-order chi connectivity index (χ1) is 9.34. The van der Waals surface area contributed by atoms with Gasteiger partial charge in [0.2, 0.25) is 0 Å². The van der Waals surface area contributed by atoms with Crippen molar-refractivity contribution in [1.29, 1.82) is 0 Å². The van der Waals surface area contributed by atoms with Crippen LogP contribution in [0.3, 0.4) is 0 Å². The van der Waals surface area contributed by atoms with Crippen LogP contribution in [0.2, 0.25) is 0 Å². The molecule has 0 spiro atoms. The van der Waals surface area contributed by atoms with Gasteiger partial charge in [-0.25, -0.2) is 21.8 Å². The Morgan fingerprint density at radius 2 is 1.05 bits per heavy atom.